The van der Waals surface area contributed by atoms with Crippen molar-refractivity contribution in [2.45, 2.75) is 17.4 Å². The zero-order valence-electron chi connectivity index (χ0n) is 12.8. The van der Waals surface area contributed by atoms with Crippen LogP contribution in [0.2, 0.25) is 0 Å². The number of rotatable bonds is 5. The van der Waals surface area contributed by atoms with Gasteiger partial charge in [-0.25, -0.2) is 9.37 Å². The summed E-state index contributed by atoms with van der Waals surface area (Å²) in [6.45, 7) is 1.56. The smallest absolute Gasteiger partial charge is 0.316 e. The van der Waals surface area contributed by atoms with Gasteiger partial charge in [0, 0.05) is 11.1 Å². The molecule has 0 fully saturated rings. The summed E-state index contributed by atoms with van der Waals surface area (Å²) in [7, 11) is 0. The van der Waals surface area contributed by atoms with Crippen molar-refractivity contribution in [1.82, 2.24) is 4.98 Å². The highest BCUT2D eigenvalue weighted by atomic mass is 32.2. The van der Waals surface area contributed by atoms with Gasteiger partial charge >= 0.3 is 5.97 Å². The monoisotopic (exact) mass is 343 g/mol. The molecule has 1 atom stereocenters. The summed E-state index contributed by atoms with van der Waals surface area (Å²) in [5.74, 6) is -0.913. The van der Waals surface area contributed by atoms with Gasteiger partial charge in [-0.3, -0.25) is 4.79 Å². The van der Waals surface area contributed by atoms with Crippen LogP contribution in [-0.2, 0) is 4.79 Å². The Hall–Kier alpha value is -2.60. The molecule has 3 rings (SSSR count). The van der Waals surface area contributed by atoms with Crippen molar-refractivity contribution in [3.63, 3.8) is 0 Å². The lowest BCUT2D eigenvalue weighted by Gasteiger charge is -2.01. The fourth-order valence-electron chi connectivity index (χ4n) is 2.17. The second-order valence-electron chi connectivity index (χ2n) is 5.13. The number of hydrogen-bond donors (Lipinski definition) is 1. The van der Waals surface area contributed by atoms with Crippen molar-refractivity contribution in [3.8, 4) is 22.6 Å². The van der Waals surface area contributed by atoms with E-state index in [1.807, 2.05) is 30.3 Å². The molecule has 4 nitrogen and oxygen atoms in total. The first-order valence-corrected chi connectivity index (χ1v) is 8.14. The minimum Gasteiger partial charge on any atom is -0.480 e. The van der Waals surface area contributed by atoms with Gasteiger partial charge < -0.3 is 9.52 Å². The maximum Gasteiger partial charge on any atom is 0.316 e. The number of halogens is 1. The van der Waals surface area contributed by atoms with E-state index in [0.29, 0.717) is 17.0 Å². The number of carbonyl (C=O) groups is 1. The van der Waals surface area contributed by atoms with Crippen molar-refractivity contribution in [1.29, 1.82) is 0 Å². The van der Waals surface area contributed by atoms with Crippen molar-refractivity contribution >= 4 is 17.7 Å². The number of carboxylic acids is 1. The van der Waals surface area contributed by atoms with Crippen LogP contribution < -0.4 is 0 Å². The summed E-state index contributed by atoms with van der Waals surface area (Å²) in [5, 5.41) is 8.59. The highest BCUT2D eigenvalue weighted by molar-refractivity contribution is 8.00. The van der Waals surface area contributed by atoms with E-state index in [-0.39, 0.29) is 11.0 Å². The molecular formula is C18H14FNO3S. The first-order valence-electron chi connectivity index (χ1n) is 7.26. The van der Waals surface area contributed by atoms with Crippen molar-refractivity contribution in [2.75, 3.05) is 0 Å². The van der Waals surface area contributed by atoms with Gasteiger partial charge in [-0.2, -0.15) is 0 Å². The van der Waals surface area contributed by atoms with E-state index >= 15 is 0 Å². The van der Waals surface area contributed by atoms with Crippen LogP contribution in [0.3, 0.4) is 0 Å². The molecule has 24 heavy (non-hydrogen) atoms. The van der Waals surface area contributed by atoms with E-state index in [9.17, 15) is 9.18 Å². The molecule has 1 N–H and O–H groups in total. The fraction of sp³-hybridized carbons (Fsp3) is 0.111. The lowest BCUT2D eigenvalue weighted by molar-refractivity contribution is -0.136. The van der Waals surface area contributed by atoms with Crippen molar-refractivity contribution < 1.29 is 18.7 Å². The summed E-state index contributed by atoms with van der Waals surface area (Å²) in [6, 6.07) is 15.4. The van der Waals surface area contributed by atoms with Crippen molar-refractivity contribution in [3.05, 3.63) is 60.4 Å². The third-order valence-electron chi connectivity index (χ3n) is 3.37. The van der Waals surface area contributed by atoms with E-state index in [0.717, 1.165) is 17.3 Å². The first kappa shape index (κ1) is 16.3. The number of oxazole rings is 1. The number of carboxylic acid groups (broad SMARTS) is 1. The van der Waals surface area contributed by atoms with Gasteiger partial charge in [-0.15, -0.1) is 0 Å². The second-order valence-corrected chi connectivity index (χ2v) is 6.42. The number of aromatic nitrogens is 1. The van der Waals surface area contributed by atoms with Crippen LogP contribution in [0.25, 0.3) is 22.6 Å². The Morgan fingerprint density at radius 1 is 1.17 bits per heavy atom. The largest absolute Gasteiger partial charge is 0.480 e. The van der Waals surface area contributed by atoms with Gasteiger partial charge in [0.15, 0.2) is 5.76 Å². The Balaban J connectivity index is 2.08. The molecule has 0 saturated heterocycles. The summed E-state index contributed by atoms with van der Waals surface area (Å²) >= 11 is 1.01. The zero-order valence-corrected chi connectivity index (χ0v) is 13.6. The Labute approximate surface area is 142 Å². The minimum atomic E-state index is -0.952. The summed E-state index contributed by atoms with van der Waals surface area (Å²) in [5.41, 5.74) is 1.92. The first-order chi connectivity index (χ1) is 11.5. The predicted octanol–water partition coefficient (Wildman–Crippen LogP) is 4.71. The number of thioether (sulfide) groups is 1. The minimum absolute atomic E-state index is 0.239. The van der Waals surface area contributed by atoms with Gasteiger partial charge in [0.2, 0.25) is 0 Å². The molecule has 1 heterocycles. The number of nitrogens with zero attached hydrogens (tertiary/aromatic N) is 1. The van der Waals surface area contributed by atoms with Crippen LogP contribution >= 0.6 is 11.8 Å². The molecule has 1 unspecified atom stereocenters. The van der Waals surface area contributed by atoms with E-state index in [4.69, 9.17) is 9.52 Å². The van der Waals surface area contributed by atoms with Gasteiger partial charge in [0.1, 0.15) is 16.8 Å². The Morgan fingerprint density at radius 2 is 1.88 bits per heavy atom. The fourth-order valence-corrected chi connectivity index (χ4v) is 2.85. The standard InChI is InChI=1S/C18H14FNO3S/c1-11(17(21)22)24-18-20-15(12-6-3-2-4-7-12)16(23-18)13-8-5-9-14(19)10-13/h2-11H,1H3,(H,21,22). The lowest BCUT2D eigenvalue weighted by atomic mass is 10.1. The van der Waals surface area contributed by atoms with E-state index in [1.165, 1.54) is 12.1 Å². The summed E-state index contributed by atoms with van der Waals surface area (Å²) in [4.78, 5) is 15.5. The topological polar surface area (TPSA) is 63.3 Å². The van der Waals surface area contributed by atoms with Crippen molar-refractivity contribution in [2.24, 2.45) is 0 Å². The van der Waals surface area contributed by atoms with E-state index in [1.54, 1.807) is 19.1 Å². The third kappa shape index (κ3) is 3.49. The summed E-state index contributed by atoms with van der Waals surface area (Å²) < 4.78 is 19.3. The molecule has 2 aromatic carbocycles. The average molecular weight is 343 g/mol. The maximum atomic E-state index is 13.6. The number of hydrogen-bond acceptors (Lipinski definition) is 4. The molecule has 0 aliphatic rings. The maximum absolute atomic E-state index is 13.6. The van der Waals surface area contributed by atoms with Crippen LogP contribution in [0.4, 0.5) is 4.39 Å². The molecule has 0 spiro atoms. The molecule has 0 saturated carbocycles. The molecule has 0 aliphatic carbocycles. The second kappa shape index (κ2) is 6.88. The predicted molar refractivity (Wildman–Crippen MR) is 90.3 cm³/mol. The SMILES string of the molecule is CC(Sc1nc(-c2ccccc2)c(-c2cccc(F)c2)o1)C(=O)O. The highest BCUT2D eigenvalue weighted by Crippen LogP contribution is 2.36. The molecule has 0 radical (unpaired) electrons. The molecule has 0 bridgehead atoms. The lowest BCUT2D eigenvalue weighted by Crippen LogP contribution is -2.10. The molecule has 0 aliphatic heterocycles. The Morgan fingerprint density at radius 3 is 2.54 bits per heavy atom. The summed E-state index contributed by atoms with van der Waals surface area (Å²) in [6.07, 6.45) is 0. The van der Waals surface area contributed by atoms with E-state index < -0.39 is 11.2 Å². The van der Waals surface area contributed by atoms with Crippen LogP contribution in [0, 0.1) is 5.82 Å². The molecule has 1 aromatic heterocycles. The molecule has 0 amide bonds. The van der Waals surface area contributed by atoms with Crippen LogP contribution in [0.5, 0.6) is 0 Å². The number of aliphatic carboxylic acids is 1. The van der Waals surface area contributed by atoms with Crippen LogP contribution in [0.1, 0.15) is 6.92 Å². The van der Waals surface area contributed by atoms with Gasteiger partial charge in [-0.05, 0) is 19.1 Å². The molecule has 122 valence electrons. The van der Waals surface area contributed by atoms with Gasteiger partial charge in [0.05, 0.1) is 0 Å². The zero-order chi connectivity index (χ0) is 17.1. The number of benzene rings is 2. The van der Waals surface area contributed by atoms with Gasteiger partial charge in [0.25, 0.3) is 5.22 Å². The Kier molecular flexibility index (Phi) is 4.66. The van der Waals surface area contributed by atoms with Gasteiger partial charge in [-0.1, -0.05) is 54.2 Å². The van der Waals surface area contributed by atoms with Crippen LogP contribution in [-0.4, -0.2) is 21.3 Å². The molecular weight excluding hydrogens is 329 g/mol. The van der Waals surface area contributed by atoms with Crippen LogP contribution in [0.15, 0.2) is 64.2 Å². The highest BCUT2D eigenvalue weighted by Gasteiger charge is 2.21. The quantitative estimate of drug-likeness (QED) is 0.680. The molecule has 3 aromatic rings. The average Bonchev–Trinajstić information content (AvgIpc) is 2.99. The van der Waals surface area contributed by atoms with E-state index in [2.05, 4.69) is 4.98 Å². The molecule has 6 heteroatoms. The third-order valence-corrected chi connectivity index (χ3v) is 4.30. The normalized spacial score (nSPS) is 12.1. The Bertz CT molecular complexity index is 864.